The van der Waals surface area contributed by atoms with Crippen LogP contribution in [-0.2, 0) is 0 Å². The van der Waals surface area contributed by atoms with Crippen LogP contribution < -0.4 is 0 Å². The fourth-order valence-electron chi connectivity index (χ4n) is 0.908. The summed E-state index contributed by atoms with van der Waals surface area (Å²) in [5.74, 6) is 0. The zero-order chi connectivity index (χ0) is 9.52. The second-order valence-electron chi connectivity index (χ2n) is 2.37. The van der Waals surface area contributed by atoms with Crippen LogP contribution in [0.2, 0.25) is 0 Å². The molecule has 0 aliphatic rings. The number of pyridine rings is 2. The Kier molecular flexibility index (Phi) is 3.85. The van der Waals surface area contributed by atoms with Gasteiger partial charge in [-0.05, 0) is 31.2 Å². The molecule has 0 spiro atoms. The number of aromatic nitrogens is 2. The first-order valence-electron chi connectivity index (χ1n) is 4.15. The van der Waals surface area contributed by atoms with E-state index in [1.54, 1.807) is 19.3 Å². The van der Waals surface area contributed by atoms with Crippen molar-refractivity contribution in [1.82, 2.24) is 9.97 Å². The number of nitrogens with zero attached hydrogens (tertiary/aromatic N) is 2. The third-order valence-corrected chi connectivity index (χ3v) is 1.38. The van der Waals surface area contributed by atoms with E-state index < -0.39 is 0 Å². The van der Waals surface area contributed by atoms with Gasteiger partial charge in [0.25, 0.3) is 0 Å². The maximum atomic E-state index is 7.57. The van der Waals surface area contributed by atoms with E-state index >= 15 is 0 Å². The van der Waals surface area contributed by atoms with E-state index in [2.05, 4.69) is 9.97 Å². The minimum Gasteiger partial charge on any atom is -0.397 e. The van der Waals surface area contributed by atoms with Crippen molar-refractivity contribution in [3.63, 3.8) is 0 Å². The number of rotatable bonds is 0. The molecule has 2 rings (SSSR count). The molecule has 0 aromatic carbocycles. The Labute approximate surface area is 77.1 Å². The second-order valence-corrected chi connectivity index (χ2v) is 2.37. The number of aliphatic hydroxyl groups is 1. The van der Waals surface area contributed by atoms with E-state index in [-0.39, 0.29) is 6.61 Å². The first kappa shape index (κ1) is 9.61. The van der Waals surface area contributed by atoms with Gasteiger partial charge in [-0.3, -0.25) is 0 Å². The van der Waals surface area contributed by atoms with Gasteiger partial charge in [0, 0.05) is 24.4 Å². The summed E-state index contributed by atoms with van der Waals surface area (Å²) in [5.41, 5.74) is 0.810. The van der Waals surface area contributed by atoms with Crippen LogP contribution in [0.5, 0.6) is 0 Å². The highest BCUT2D eigenvalue weighted by atomic mass is 16.2. The lowest BCUT2D eigenvalue weighted by molar-refractivity contribution is 0.318. The van der Waals surface area contributed by atoms with E-state index in [1.807, 2.05) is 24.3 Å². The van der Waals surface area contributed by atoms with Crippen molar-refractivity contribution in [3.05, 3.63) is 36.7 Å². The number of aliphatic hydroxyl groups excluding tert-OH is 1. The van der Waals surface area contributed by atoms with Gasteiger partial charge in [-0.2, -0.15) is 0 Å². The average Bonchev–Trinajstić information content (AvgIpc) is 2.19. The Morgan fingerprint density at radius 3 is 2.00 bits per heavy atom. The van der Waals surface area contributed by atoms with Crippen molar-refractivity contribution in [2.45, 2.75) is 6.92 Å². The highest BCUT2D eigenvalue weighted by molar-refractivity contribution is 5.73. The largest absolute Gasteiger partial charge is 0.397 e. The van der Waals surface area contributed by atoms with Crippen molar-refractivity contribution in [2.75, 3.05) is 6.61 Å². The fourth-order valence-corrected chi connectivity index (χ4v) is 0.908. The lowest BCUT2D eigenvalue weighted by Crippen LogP contribution is -1.78. The van der Waals surface area contributed by atoms with E-state index in [9.17, 15) is 0 Å². The minimum absolute atomic E-state index is 0.250. The third kappa shape index (κ3) is 2.80. The molecule has 68 valence electrons. The van der Waals surface area contributed by atoms with Crippen LogP contribution >= 0.6 is 0 Å². The summed E-state index contributed by atoms with van der Waals surface area (Å²) in [5, 5.41) is 8.66. The quantitative estimate of drug-likeness (QED) is 0.663. The van der Waals surface area contributed by atoms with E-state index in [0.717, 1.165) is 11.0 Å². The van der Waals surface area contributed by atoms with Crippen molar-refractivity contribution in [2.24, 2.45) is 0 Å². The molecule has 0 aliphatic heterocycles. The topological polar surface area (TPSA) is 46.0 Å². The van der Waals surface area contributed by atoms with Gasteiger partial charge in [-0.25, -0.2) is 9.97 Å². The van der Waals surface area contributed by atoms with Crippen LogP contribution in [0.3, 0.4) is 0 Å². The van der Waals surface area contributed by atoms with Crippen LogP contribution in [-0.4, -0.2) is 21.7 Å². The van der Waals surface area contributed by atoms with Gasteiger partial charge < -0.3 is 5.11 Å². The monoisotopic (exact) mass is 176 g/mol. The van der Waals surface area contributed by atoms with Gasteiger partial charge in [0.05, 0.1) is 0 Å². The summed E-state index contributed by atoms with van der Waals surface area (Å²) in [6.45, 7) is 1.93. The molecule has 3 nitrogen and oxygen atoms in total. The molecule has 0 amide bonds. The van der Waals surface area contributed by atoms with Crippen LogP contribution in [0.1, 0.15) is 6.92 Å². The van der Waals surface area contributed by atoms with Crippen LogP contribution in [0, 0.1) is 0 Å². The highest BCUT2D eigenvalue weighted by Crippen LogP contribution is 2.04. The zero-order valence-corrected chi connectivity index (χ0v) is 7.51. The Hall–Kier alpha value is -1.48. The van der Waals surface area contributed by atoms with Gasteiger partial charge in [-0.1, -0.05) is 0 Å². The average molecular weight is 176 g/mol. The van der Waals surface area contributed by atoms with Crippen LogP contribution in [0.25, 0.3) is 11.0 Å². The molecule has 2 heterocycles. The molecule has 1 N–H and O–H groups in total. The normalized spacial score (nSPS) is 9.08. The molecule has 0 saturated carbocycles. The predicted octanol–water partition coefficient (Wildman–Crippen LogP) is 1.63. The van der Waals surface area contributed by atoms with Crippen molar-refractivity contribution < 1.29 is 5.11 Å². The smallest absolute Gasteiger partial charge is 0.159 e. The molecule has 0 aliphatic carbocycles. The number of fused-ring (bicyclic) bond motifs is 1. The summed E-state index contributed by atoms with van der Waals surface area (Å²) in [4.78, 5) is 8.14. The highest BCUT2D eigenvalue weighted by Gasteiger charge is 1.88. The SMILES string of the molecule is CCO.c1cnc2ncccc2c1. The Morgan fingerprint density at radius 1 is 1.15 bits per heavy atom. The van der Waals surface area contributed by atoms with E-state index in [1.165, 1.54) is 0 Å². The zero-order valence-electron chi connectivity index (χ0n) is 7.51. The van der Waals surface area contributed by atoms with Gasteiger partial charge in [0.1, 0.15) is 0 Å². The molecule has 13 heavy (non-hydrogen) atoms. The Morgan fingerprint density at radius 2 is 1.62 bits per heavy atom. The lowest BCUT2D eigenvalue weighted by Gasteiger charge is -1.90. The first-order chi connectivity index (χ1) is 6.38. The van der Waals surface area contributed by atoms with Gasteiger partial charge >= 0.3 is 0 Å². The molecule has 3 heteroatoms. The second kappa shape index (κ2) is 5.22. The summed E-state index contributed by atoms with van der Waals surface area (Å²) in [6.07, 6.45) is 3.49. The summed E-state index contributed by atoms with van der Waals surface area (Å²) in [6, 6.07) is 7.80. The Bertz CT molecular complexity index is 297. The summed E-state index contributed by atoms with van der Waals surface area (Å²) < 4.78 is 0. The van der Waals surface area contributed by atoms with E-state index in [0.29, 0.717) is 0 Å². The number of hydrogen-bond acceptors (Lipinski definition) is 3. The minimum atomic E-state index is 0.250. The molecular formula is C10H12N2O. The standard InChI is InChI=1S/C8H6N2.C2H6O/c1-3-7-4-2-6-10-8(7)9-5-1;1-2-3/h1-6H;3H,2H2,1H3. The van der Waals surface area contributed by atoms with Crippen LogP contribution in [0.15, 0.2) is 36.7 Å². The predicted molar refractivity (Wildman–Crippen MR) is 52.3 cm³/mol. The lowest BCUT2D eigenvalue weighted by atomic mass is 10.3. The van der Waals surface area contributed by atoms with E-state index in [4.69, 9.17) is 5.11 Å². The summed E-state index contributed by atoms with van der Waals surface area (Å²) >= 11 is 0. The van der Waals surface area contributed by atoms with Gasteiger partial charge in [0.2, 0.25) is 0 Å². The summed E-state index contributed by atoms with van der Waals surface area (Å²) in [7, 11) is 0. The molecule has 0 radical (unpaired) electrons. The van der Waals surface area contributed by atoms with Crippen molar-refractivity contribution in [3.8, 4) is 0 Å². The molecule has 2 aromatic heterocycles. The fraction of sp³-hybridized carbons (Fsp3) is 0.200. The molecule has 0 bridgehead atoms. The van der Waals surface area contributed by atoms with Crippen molar-refractivity contribution in [1.29, 1.82) is 0 Å². The molecule has 0 saturated heterocycles. The van der Waals surface area contributed by atoms with Gasteiger partial charge in [-0.15, -0.1) is 0 Å². The molecular weight excluding hydrogens is 164 g/mol. The van der Waals surface area contributed by atoms with Crippen molar-refractivity contribution >= 4 is 11.0 Å². The Balaban J connectivity index is 0.000000251. The third-order valence-electron chi connectivity index (χ3n) is 1.38. The molecule has 0 unspecified atom stereocenters. The molecule has 2 aromatic rings. The molecule has 0 atom stereocenters. The number of hydrogen-bond donors (Lipinski definition) is 1. The maximum Gasteiger partial charge on any atom is 0.159 e. The van der Waals surface area contributed by atoms with Gasteiger partial charge in [0.15, 0.2) is 5.65 Å². The first-order valence-corrected chi connectivity index (χ1v) is 4.15. The maximum absolute atomic E-state index is 7.57. The molecule has 0 fully saturated rings. The van der Waals surface area contributed by atoms with Crippen LogP contribution in [0.4, 0.5) is 0 Å².